The average Bonchev–Trinajstić information content (AvgIpc) is 2.65. The van der Waals surface area contributed by atoms with Crippen molar-refractivity contribution in [2.45, 2.75) is 25.4 Å². The predicted octanol–water partition coefficient (Wildman–Crippen LogP) is 3.53. The number of aliphatic imine (C=N–C) groups is 1. The molecule has 0 spiro atoms. The number of amides is 1. The number of para-hydroxylation sites is 2. The maximum Gasteiger partial charge on any atom is 0.213 e. The van der Waals surface area contributed by atoms with Gasteiger partial charge in [0.15, 0.2) is 5.96 Å². The Kier molecular flexibility index (Phi) is 4.70. The van der Waals surface area contributed by atoms with Crippen molar-refractivity contribution in [2.75, 3.05) is 0 Å². The molecule has 0 radical (unpaired) electrons. The summed E-state index contributed by atoms with van der Waals surface area (Å²) in [6.45, 7) is 0. The normalized spacial score (nSPS) is 14.6. The maximum absolute atomic E-state index is 10.6. The van der Waals surface area contributed by atoms with Crippen molar-refractivity contribution < 1.29 is 9.53 Å². The van der Waals surface area contributed by atoms with Gasteiger partial charge in [-0.05, 0) is 43.5 Å². The van der Waals surface area contributed by atoms with E-state index in [0.29, 0.717) is 12.1 Å². The van der Waals surface area contributed by atoms with Crippen LogP contribution < -0.4 is 15.8 Å². The van der Waals surface area contributed by atoms with Gasteiger partial charge >= 0.3 is 0 Å². The molecule has 6 nitrogen and oxygen atoms in total. The molecule has 0 aliphatic heterocycles. The van der Waals surface area contributed by atoms with Gasteiger partial charge in [0.2, 0.25) is 6.41 Å². The molecule has 27 heavy (non-hydrogen) atoms. The van der Waals surface area contributed by atoms with Crippen LogP contribution in [0.25, 0.3) is 22.2 Å². The highest BCUT2D eigenvalue weighted by Crippen LogP contribution is 2.36. The summed E-state index contributed by atoms with van der Waals surface area (Å²) in [7, 11) is 0. The summed E-state index contributed by atoms with van der Waals surface area (Å²) in [6.07, 6.45) is 4.16. The number of carbonyl (C=O) groups is 1. The topological polar surface area (TPSA) is 89.6 Å². The zero-order chi connectivity index (χ0) is 18.6. The van der Waals surface area contributed by atoms with E-state index in [-0.39, 0.29) is 12.1 Å². The van der Waals surface area contributed by atoms with Crippen LogP contribution in [-0.4, -0.2) is 23.5 Å². The third-order valence-electron chi connectivity index (χ3n) is 4.65. The van der Waals surface area contributed by atoms with Crippen LogP contribution in [0, 0.1) is 0 Å². The molecule has 1 aromatic heterocycles. The van der Waals surface area contributed by atoms with Crippen molar-refractivity contribution in [3.05, 3.63) is 54.6 Å². The number of guanidine groups is 1. The summed E-state index contributed by atoms with van der Waals surface area (Å²) in [5.74, 6) is 0.852. The molecule has 0 bridgehead atoms. The third kappa shape index (κ3) is 3.60. The number of benzene rings is 2. The van der Waals surface area contributed by atoms with Gasteiger partial charge < -0.3 is 10.5 Å². The zero-order valence-electron chi connectivity index (χ0n) is 14.8. The van der Waals surface area contributed by atoms with Gasteiger partial charge in [-0.3, -0.25) is 10.1 Å². The number of fused-ring (bicyclic) bond motifs is 1. The van der Waals surface area contributed by atoms with E-state index in [4.69, 9.17) is 15.5 Å². The summed E-state index contributed by atoms with van der Waals surface area (Å²) in [6, 6.07) is 17.4. The van der Waals surface area contributed by atoms with E-state index in [1.807, 2.05) is 54.6 Å². The minimum absolute atomic E-state index is 0.0336. The minimum atomic E-state index is 0.0336. The quantitative estimate of drug-likeness (QED) is 0.414. The van der Waals surface area contributed by atoms with Gasteiger partial charge in [-0.1, -0.05) is 30.3 Å². The first-order valence-electron chi connectivity index (χ1n) is 8.95. The molecule has 3 N–H and O–H groups in total. The number of hydrogen-bond acceptors (Lipinski definition) is 4. The van der Waals surface area contributed by atoms with Crippen LogP contribution in [0.2, 0.25) is 0 Å². The molecular weight excluding hydrogens is 340 g/mol. The van der Waals surface area contributed by atoms with E-state index >= 15 is 0 Å². The smallest absolute Gasteiger partial charge is 0.213 e. The Morgan fingerprint density at radius 1 is 1.19 bits per heavy atom. The Balaban J connectivity index is 1.83. The fourth-order valence-electron chi connectivity index (χ4n) is 3.06. The highest BCUT2D eigenvalue weighted by atomic mass is 16.5. The molecule has 1 fully saturated rings. The monoisotopic (exact) mass is 360 g/mol. The van der Waals surface area contributed by atoms with E-state index in [9.17, 15) is 4.79 Å². The molecule has 0 atom stereocenters. The van der Waals surface area contributed by atoms with Crippen molar-refractivity contribution in [3.63, 3.8) is 0 Å². The molecule has 6 heteroatoms. The van der Waals surface area contributed by atoms with Gasteiger partial charge in [0.1, 0.15) is 5.75 Å². The van der Waals surface area contributed by atoms with E-state index in [1.54, 1.807) is 0 Å². The number of ether oxygens (including phenoxy) is 1. The Hall–Kier alpha value is -3.41. The number of pyridine rings is 1. The highest BCUT2D eigenvalue weighted by Gasteiger charge is 2.21. The van der Waals surface area contributed by atoms with Crippen molar-refractivity contribution in [1.29, 1.82) is 0 Å². The SMILES string of the molecule is NC(=Nc1cc(-c2ccccc2OC2CCC2)nc2ccccc12)NC=O. The molecule has 1 amide bonds. The lowest BCUT2D eigenvalue weighted by molar-refractivity contribution is -0.108. The van der Waals surface area contributed by atoms with Crippen LogP contribution in [0.5, 0.6) is 5.75 Å². The van der Waals surface area contributed by atoms with Crippen LogP contribution in [0.15, 0.2) is 59.6 Å². The van der Waals surface area contributed by atoms with Gasteiger partial charge in [0, 0.05) is 10.9 Å². The Morgan fingerprint density at radius 3 is 2.74 bits per heavy atom. The van der Waals surface area contributed by atoms with Gasteiger partial charge in [-0.25, -0.2) is 9.98 Å². The molecule has 2 aromatic carbocycles. The standard InChI is InChI=1S/C21H20N4O2/c22-21(23-13-26)25-18-12-19(24-17-10-3-1-8-15(17)18)16-9-2-4-11-20(16)27-14-6-5-7-14/h1-4,8-14H,5-7H2,(H3,22,23,24,25,26). The fourth-order valence-corrected chi connectivity index (χ4v) is 3.06. The highest BCUT2D eigenvalue weighted by molar-refractivity contribution is 5.97. The van der Waals surface area contributed by atoms with Crippen LogP contribution in [0.1, 0.15) is 19.3 Å². The summed E-state index contributed by atoms with van der Waals surface area (Å²) in [4.78, 5) is 19.8. The van der Waals surface area contributed by atoms with Gasteiger partial charge in [0.25, 0.3) is 0 Å². The molecule has 1 heterocycles. The summed E-state index contributed by atoms with van der Waals surface area (Å²) in [5, 5.41) is 3.23. The molecule has 1 saturated carbocycles. The number of hydrogen-bond donors (Lipinski definition) is 2. The largest absolute Gasteiger partial charge is 0.490 e. The number of nitrogens with zero attached hydrogens (tertiary/aromatic N) is 2. The lowest BCUT2D eigenvalue weighted by atomic mass is 9.96. The van der Waals surface area contributed by atoms with Crippen LogP contribution in [-0.2, 0) is 4.79 Å². The van der Waals surface area contributed by atoms with E-state index in [1.165, 1.54) is 6.42 Å². The second-order valence-corrected chi connectivity index (χ2v) is 6.47. The first-order valence-corrected chi connectivity index (χ1v) is 8.95. The van der Waals surface area contributed by atoms with E-state index in [2.05, 4.69) is 10.3 Å². The predicted molar refractivity (Wildman–Crippen MR) is 106 cm³/mol. The molecule has 4 rings (SSSR count). The Morgan fingerprint density at radius 2 is 1.96 bits per heavy atom. The number of carbonyl (C=O) groups excluding carboxylic acids is 1. The molecule has 0 unspecified atom stereocenters. The lowest BCUT2D eigenvalue weighted by Crippen LogP contribution is -2.29. The first kappa shape index (κ1) is 17.0. The number of nitrogens with two attached hydrogens (primary N) is 1. The molecular formula is C21H20N4O2. The van der Waals surface area contributed by atoms with Gasteiger partial charge in [-0.15, -0.1) is 0 Å². The average molecular weight is 360 g/mol. The summed E-state index contributed by atoms with van der Waals surface area (Å²) >= 11 is 0. The third-order valence-corrected chi connectivity index (χ3v) is 4.65. The fraction of sp³-hybridized carbons (Fsp3) is 0.190. The maximum atomic E-state index is 10.6. The van der Waals surface area contributed by atoms with Crippen molar-refractivity contribution in [2.24, 2.45) is 10.7 Å². The minimum Gasteiger partial charge on any atom is -0.490 e. The van der Waals surface area contributed by atoms with Crippen LogP contribution in [0.3, 0.4) is 0 Å². The second kappa shape index (κ2) is 7.45. The zero-order valence-corrected chi connectivity index (χ0v) is 14.8. The van der Waals surface area contributed by atoms with E-state index in [0.717, 1.165) is 40.8 Å². The van der Waals surface area contributed by atoms with Gasteiger partial charge in [-0.2, -0.15) is 0 Å². The van der Waals surface area contributed by atoms with Crippen molar-refractivity contribution >= 4 is 29.0 Å². The Bertz CT molecular complexity index is 1010. The first-order chi connectivity index (χ1) is 13.2. The van der Waals surface area contributed by atoms with E-state index < -0.39 is 0 Å². The summed E-state index contributed by atoms with van der Waals surface area (Å²) in [5.41, 5.74) is 8.88. The number of rotatable bonds is 5. The molecule has 3 aromatic rings. The summed E-state index contributed by atoms with van der Waals surface area (Å²) < 4.78 is 6.15. The van der Waals surface area contributed by atoms with Crippen LogP contribution >= 0.6 is 0 Å². The number of aromatic nitrogens is 1. The number of nitrogens with one attached hydrogen (secondary N) is 1. The van der Waals surface area contributed by atoms with Crippen molar-refractivity contribution in [3.8, 4) is 17.0 Å². The molecule has 1 aliphatic carbocycles. The van der Waals surface area contributed by atoms with Crippen molar-refractivity contribution in [1.82, 2.24) is 10.3 Å². The van der Waals surface area contributed by atoms with Crippen LogP contribution in [0.4, 0.5) is 5.69 Å². The molecule has 136 valence electrons. The Labute approximate surface area is 157 Å². The molecule has 0 saturated heterocycles. The molecule has 1 aliphatic rings. The second-order valence-electron chi connectivity index (χ2n) is 6.47. The van der Waals surface area contributed by atoms with Gasteiger partial charge in [0.05, 0.1) is 23.0 Å². The lowest BCUT2D eigenvalue weighted by Gasteiger charge is -2.27.